The van der Waals surface area contributed by atoms with E-state index < -0.39 is 0 Å². The van der Waals surface area contributed by atoms with E-state index >= 15 is 0 Å². The lowest BCUT2D eigenvalue weighted by molar-refractivity contribution is 0.785. The lowest BCUT2D eigenvalue weighted by atomic mass is 10.0. The van der Waals surface area contributed by atoms with Gasteiger partial charge in [0.15, 0.2) is 0 Å². The first kappa shape index (κ1) is 8.78. The molecule has 0 radical (unpaired) electrons. The van der Waals surface area contributed by atoms with Crippen molar-refractivity contribution in [2.24, 2.45) is 0 Å². The Morgan fingerprint density at radius 2 is 1.87 bits per heavy atom. The molecule has 0 spiro atoms. The van der Waals surface area contributed by atoms with Crippen LogP contribution >= 0.6 is 0 Å². The average Bonchev–Trinajstić information content (AvgIpc) is 2.54. The van der Waals surface area contributed by atoms with Crippen molar-refractivity contribution in [2.45, 2.75) is 19.3 Å². The maximum absolute atomic E-state index is 3.57. The Labute approximate surface area is 90.1 Å². The van der Waals surface area contributed by atoms with E-state index in [9.17, 15) is 0 Å². The van der Waals surface area contributed by atoms with Gasteiger partial charge in [0.2, 0.25) is 0 Å². The lowest BCUT2D eigenvalue weighted by Gasteiger charge is -2.11. The molecule has 1 heteroatoms. The molecule has 0 unspecified atom stereocenters. The van der Waals surface area contributed by atoms with Crippen LogP contribution in [0.15, 0.2) is 36.4 Å². The van der Waals surface area contributed by atoms with Gasteiger partial charge >= 0.3 is 0 Å². The molecule has 0 fully saturated rings. The summed E-state index contributed by atoms with van der Waals surface area (Å²) < 4.78 is 0. The largest absolute Gasteiger partial charge is 0.384 e. The van der Waals surface area contributed by atoms with Gasteiger partial charge in [0.05, 0.1) is 0 Å². The van der Waals surface area contributed by atoms with Crippen molar-refractivity contribution in [3.63, 3.8) is 0 Å². The number of benzene rings is 2. The Morgan fingerprint density at radius 1 is 0.933 bits per heavy atom. The summed E-state index contributed by atoms with van der Waals surface area (Å²) in [4.78, 5) is 0. The molecule has 0 bridgehead atoms. The summed E-state index contributed by atoms with van der Waals surface area (Å²) in [6.07, 6.45) is 3.80. The normalized spacial score (nSPS) is 15.5. The molecule has 1 aliphatic heterocycles. The fraction of sp³-hybridized carbons (Fsp3) is 0.286. The molecule has 0 aliphatic carbocycles. The van der Waals surface area contributed by atoms with Crippen molar-refractivity contribution < 1.29 is 0 Å². The molecule has 3 rings (SSSR count). The van der Waals surface area contributed by atoms with Gasteiger partial charge in [-0.15, -0.1) is 0 Å². The van der Waals surface area contributed by atoms with E-state index in [0.29, 0.717) is 0 Å². The van der Waals surface area contributed by atoms with Gasteiger partial charge in [0.25, 0.3) is 0 Å². The van der Waals surface area contributed by atoms with Crippen LogP contribution in [0.4, 0.5) is 5.69 Å². The first-order valence-corrected chi connectivity index (χ1v) is 5.70. The second kappa shape index (κ2) is 3.58. The monoisotopic (exact) mass is 197 g/mol. The quantitative estimate of drug-likeness (QED) is 0.680. The predicted octanol–water partition coefficient (Wildman–Crippen LogP) is 3.59. The van der Waals surface area contributed by atoms with Crippen LogP contribution in [0, 0.1) is 0 Å². The molecule has 1 nitrogen and oxygen atoms in total. The number of nitrogens with one attached hydrogen (secondary N) is 1. The Balaban J connectivity index is 2.27. The summed E-state index contributed by atoms with van der Waals surface area (Å²) in [5, 5.41) is 6.28. The van der Waals surface area contributed by atoms with E-state index in [0.717, 1.165) is 6.54 Å². The standard InChI is InChI=1S/C14H15N/c1-2-7-13-11(5-1)8-9-12-6-3-4-10-15-14(12)13/h1-2,5,7-9,15H,3-4,6,10H2. The first-order valence-electron chi connectivity index (χ1n) is 5.70. The topological polar surface area (TPSA) is 12.0 Å². The summed E-state index contributed by atoms with van der Waals surface area (Å²) in [5.41, 5.74) is 2.84. The maximum atomic E-state index is 3.57. The zero-order valence-electron chi connectivity index (χ0n) is 8.79. The van der Waals surface area contributed by atoms with Gasteiger partial charge in [0.1, 0.15) is 0 Å². The molecule has 1 aliphatic rings. The molecule has 0 atom stereocenters. The van der Waals surface area contributed by atoms with Gasteiger partial charge < -0.3 is 5.32 Å². The third-order valence-electron chi connectivity index (χ3n) is 3.19. The van der Waals surface area contributed by atoms with Crippen molar-refractivity contribution in [3.8, 4) is 0 Å². The van der Waals surface area contributed by atoms with Gasteiger partial charge in [-0.05, 0) is 30.2 Å². The third-order valence-corrected chi connectivity index (χ3v) is 3.19. The third kappa shape index (κ3) is 1.48. The number of anilines is 1. The fourth-order valence-electron chi connectivity index (χ4n) is 2.39. The molecule has 76 valence electrons. The molecule has 2 aromatic rings. The minimum Gasteiger partial charge on any atom is -0.384 e. The van der Waals surface area contributed by atoms with Crippen molar-refractivity contribution in [1.29, 1.82) is 0 Å². The molecule has 1 heterocycles. The highest BCUT2D eigenvalue weighted by atomic mass is 14.9. The zero-order valence-corrected chi connectivity index (χ0v) is 8.79. The summed E-state index contributed by atoms with van der Waals surface area (Å²) in [6.45, 7) is 1.11. The van der Waals surface area contributed by atoms with Crippen molar-refractivity contribution in [2.75, 3.05) is 11.9 Å². The summed E-state index contributed by atoms with van der Waals surface area (Å²) >= 11 is 0. The molecular formula is C14H15N. The Hall–Kier alpha value is -1.50. The number of aryl methyl sites for hydroxylation is 1. The van der Waals surface area contributed by atoms with E-state index in [1.54, 1.807) is 0 Å². The van der Waals surface area contributed by atoms with E-state index in [1.165, 1.54) is 41.3 Å². The molecule has 2 aromatic carbocycles. The van der Waals surface area contributed by atoms with Crippen molar-refractivity contribution >= 4 is 16.5 Å². The highest BCUT2D eigenvalue weighted by molar-refractivity contribution is 5.95. The van der Waals surface area contributed by atoms with Gasteiger partial charge in [0, 0.05) is 17.6 Å². The Morgan fingerprint density at radius 3 is 2.87 bits per heavy atom. The smallest absolute Gasteiger partial charge is 0.0452 e. The van der Waals surface area contributed by atoms with E-state index in [1.807, 2.05) is 0 Å². The summed E-state index contributed by atoms with van der Waals surface area (Å²) in [7, 11) is 0. The van der Waals surface area contributed by atoms with Crippen LogP contribution in [-0.4, -0.2) is 6.54 Å². The predicted molar refractivity (Wildman–Crippen MR) is 65.4 cm³/mol. The highest BCUT2D eigenvalue weighted by Gasteiger charge is 2.09. The van der Waals surface area contributed by atoms with E-state index in [-0.39, 0.29) is 0 Å². The van der Waals surface area contributed by atoms with Crippen LogP contribution in [0.5, 0.6) is 0 Å². The molecule has 1 N–H and O–H groups in total. The number of fused-ring (bicyclic) bond motifs is 3. The van der Waals surface area contributed by atoms with Crippen LogP contribution < -0.4 is 5.32 Å². The van der Waals surface area contributed by atoms with Crippen LogP contribution in [0.2, 0.25) is 0 Å². The molecular weight excluding hydrogens is 182 g/mol. The molecule has 0 saturated carbocycles. The zero-order chi connectivity index (χ0) is 10.1. The molecule has 0 aromatic heterocycles. The highest BCUT2D eigenvalue weighted by Crippen LogP contribution is 2.30. The number of hydrogen-bond acceptors (Lipinski definition) is 1. The van der Waals surface area contributed by atoms with Gasteiger partial charge in [-0.25, -0.2) is 0 Å². The molecule has 15 heavy (non-hydrogen) atoms. The van der Waals surface area contributed by atoms with Crippen LogP contribution in [0.3, 0.4) is 0 Å². The fourth-order valence-corrected chi connectivity index (χ4v) is 2.39. The van der Waals surface area contributed by atoms with Crippen LogP contribution in [0.1, 0.15) is 18.4 Å². The van der Waals surface area contributed by atoms with Crippen LogP contribution in [0.25, 0.3) is 10.8 Å². The second-order valence-corrected chi connectivity index (χ2v) is 4.20. The lowest BCUT2D eigenvalue weighted by Crippen LogP contribution is -2.00. The first-order chi connectivity index (χ1) is 7.45. The van der Waals surface area contributed by atoms with E-state index in [4.69, 9.17) is 0 Å². The van der Waals surface area contributed by atoms with Gasteiger partial charge in [-0.3, -0.25) is 0 Å². The van der Waals surface area contributed by atoms with Gasteiger partial charge in [-0.2, -0.15) is 0 Å². The van der Waals surface area contributed by atoms with Gasteiger partial charge in [-0.1, -0.05) is 36.4 Å². The summed E-state index contributed by atoms with van der Waals surface area (Å²) in [6, 6.07) is 13.1. The Bertz CT molecular complexity index is 488. The summed E-state index contributed by atoms with van der Waals surface area (Å²) in [5.74, 6) is 0. The molecule has 0 amide bonds. The maximum Gasteiger partial charge on any atom is 0.0452 e. The Kier molecular flexibility index (Phi) is 2.09. The minimum absolute atomic E-state index is 1.11. The SMILES string of the molecule is c1ccc2c3c(ccc2c1)CCCCN3. The second-order valence-electron chi connectivity index (χ2n) is 4.20. The van der Waals surface area contributed by atoms with Crippen molar-refractivity contribution in [3.05, 3.63) is 42.0 Å². The minimum atomic E-state index is 1.11. The van der Waals surface area contributed by atoms with Crippen molar-refractivity contribution in [1.82, 2.24) is 0 Å². The molecule has 0 saturated heterocycles. The number of rotatable bonds is 0. The number of hydrogen-bond donors (Lipinski definition) is 1. The average molecular weight is 197 g/mol. The van der Waals surface area contributed by atoms with E-state index in [2.05, 4.69) is 41.7 Å². The van der Waals surface area contributed by atoms with Crippen LogP contribution in [-0.2, 0) is 6.42 Å².